The molecule has 0 bridgehead atoms. The monoisotopic (exact) mass is 272 g/mol. The SMILES string of the molecule is Cc1oc2cc3c(C(=O)[O-])c(C)oc3cc2c1C(=O)[O-]. The van der Waals surface area contributed by atoms with Crippen LogP contribution < -0.4 is 10.2 Å². The van der Waals surface area contributed by atoms with Crippen LogP contribution in [0, 0.1) is 13.8 Å². The molecule has 0 aliphatic rings. The quantitative estimate of drug-likeness (QED) is 0.673. The molecule has 2 aromatic heterocycles. The molecule has 0 radical (unpaired) electrons. The van der Waals surface area contributed by atoms with E-state index in [1.54, 1.807) is 0 Å². The van der Waals surface area contributed by atoms with Gasteiger partial charge in [-0.25, -0.2) is 0 Å². The van der Waals surface area contributed by atoms with Crippen molar-refractivity contribution in [3.8, 4) is 0 Å². The van der Waals surface area contributed by atoms with Crippen LogP contribution in [0.1, 0.15) is 32.2 Å². The van der Waals surface area contributed by atoms with E-state index >= 15 is 0 Å². The van der Waals surface area contributed by atoms with Crippen LogP contribution in [0.3, 0.4) is 0 Å². The summed E-state index contributed by atoms with van der Waals surface area (Å²) < 4.78 is 10.7. The Labute approximate surface area is 112 Å². The van der Waals surface area contributed by atoms with Crippen molar-refractivity contribution in [2.24, 2.45) is 0 Å². The van der Waals surface area contributed by atoms with Gasteiger partial charge in [-0.3, -0.25) is 0 Å². The predicted octanol–water partition coefficient (Wildman–Crippen LogP) is 0.523. The van der Waals surface area contributed by atoms with Crippen molar-refractivity contribution in [3.05, 3.63) is 34.8 Å². The summed E-state index contributed by atoms with van der Waals surface area (Å²) in [6.07, 6.45) is 0. The van der Waals surface area contributed by atoms with Gasteiger partial charge in [-0.1, -0.05) is 0 Å². The fraction of sp³-hybridized carbons (Fsp3) is 0.143. The van der Waals surface area contributed by atoms with E-state index < -0.39 is 11.9 Å². The number of carbonyl (C=O) groups is 2. The maximum atomic E-state index is 11.1. The van der Waals surface area contributed by atoms with Crippen molar-refractivity contribution in [1.82, 2.24) is 0 Å². The second-order valence-corrected chi connectivity index (χ2v) is 4.49. The van der Waals surface area contributed by atoms with E-state index in [-0.39, 0.29) is 33.8 Å². The molecule has 3 aromatic rings. The smallest absolute Gasteiger partial charge is 0.135 e. The Balaban J connectivity index is 2.46. The Morgan fingerprint density at radius 3 is 1.50 bits per heavy atom. The maximum Gasteiger partial charge on any atom is 0.135 e. The molecular formula is C14H8O6-2. The number of rotatable bonds is 2. The number of aromatic carboxylic acids is 2. The first-order valence-corrected chi connectivity index (χ1v) is 5.79. The Hall–Kier alpha value is -2.76. The average Bonchev–Trinajstić information content (AvgIpc) is 2.79. The van der Waals surface area contributed by atoms with Crippen LogP contribution in [0.25, 0.3) is 21.9 Å². The average molecular weight is 272 g/mol. The number of carboxylic acid groups (broad SMARTS) is 2. The zero-order valence-electron chi connectivity index (χ0n) is 10.6. The zero-order valence-corrected chi connectivity index (χ0v) is 10.6. The molecular weight excluding hydrogens is 264 g/mol. The second-order valence-electron chi connectivity index (χ2n) is 4.49. The fourth-order valence-corrected chi connectivity index (χ4v) is 2.44. The van der Waals surface area contributed by atoms with Gasteiger partial charge in [0.1, 0.15) is 22.7 Å². The topological polar surface area (TPSA) is 107 Å². The summed E-state index contributed by atoms with van der Waals surface area (Å²) in [6, 6.07) is 2.87. The summed E-state index contributed by atoms with van der Waals surface area (Å²) in [6.45, 7) is 3.00. The lowest BCUT2D eigenvalue weighted by Gasteiger charge is -2.00. The first-order chi connectivity index (χ1) is 9.40. The van der Waals surface area contributed by atoms with Gasteiger partial charge in [-0.05, 0) is 26.0 Å². The zero-order chi connectivity index (χ0) is 14.6. The largest absolute Gasteiger partial charge is 0.545 e. The number of furan rings is 2. The molecule has 1 aromatic carbocycles. The summed E-state index contributed by atoms with van der Waals surface area (Å²) in [4.78, 5) is 22.2. The predicted molar refractivity (Wildman–Crippen MR) is 64.1 cm³/mol. The lowest BCUT2D eigenvalue weighted by molar-refractivity contribution is -0.256. The minimum atomic E-state index is -1.36. The minimum absolute atomic E-state index is 0.0639. The van der Waals surface area contributed by atoms with Crippen molar-refractivity contribution in [1.29, 1.82) is 0 Å². The third kappa shape index (κ3) is 1.51. The molecule has 0 saturated heterocycles. The van der Waals surface area contributed by atoms with Gasteiger partial charge in [0.25, 0.3) is 0 Å². The second kappa shape index (κ2) is 3.86. The summed E-state index contributed by atoms with van der Waals surface area (Å²) in [5, 5.41) is 22.8. The van der Waals surface area contributed by atoms with E-state index in [9.17, 15) is 19.8 Å². The number of carboxylic acids is 2. The molecule has 0 spiro atoms. The Kier molecular flexibility index (Phi) is 2.37. The third-order valence-electron chi connectivity index (χ3n) is 3.26. The molecule has 20 heavy (non-hydrogen) atoms. The van der Waals surface area contributed by atoms with Gasteiger partial charge >= 0.3 is 0 Å². The number of hydrogen-bond donors (Lipinski definition) is 0. The van der Waals surface area contributed by atoms with Gasteiger partial charge in [-0.15, -0.1) is 0 Å². The Morgan fingerprint density at radius 2 is 1.20 bits per heavy atom. The van der Waals surface area contributed by atoms with Crippen molar-refractivity contribution in [2.45, 2.75) is 13.8 Å². The summed E-state index contributed by atoms with van der Waals surface area (Å²) in [5.41, 5.74) is 0.395. The minimum Gasteiger partial charge on any atom is -0.545 e. The Bertz CT molecular complexity index is 806. The normalized spacial score (nSPS) is 11.3. The van der Waals surface area contributed by atoms with Crippen LogP contribution in [0.5, 0.6) is 0 Å². The van der Waals surface area contributed by atoms with Crippen molar-refractivity contribution in [3.63, 3.8) is 0 Å². The standard InChI is InChI=1S/C14H10O6/c1-5-11(13(15)16)7-3-10-8(4-9(7)19-5)12(14(17)18)6(2)20-10/h3-4H,1-2H3,(H,15,16)(H,17,18)/p-2. The van der Waals surface area contributed by atoms with Crippen LogP contribution in [0.2, 0.25) is 0 Å². The van der Waals surface area contributed by atoms with E-state index in [2.05, 4.69) is 0 Å². The first-order valence-electron chi connectivity index (χ1n) is 5.79. The molecule has 3 rings (SSSR count). The van der Waals surface area contributed by atoms with Gasteiger partial charge in [0.05, 0.1) is 11.9 Å². The van der Waals surface area contributed by atoms with Crippen molar-refractivity contribution in [2.75, 3.05) is 0 Å². The highest BCUT2D eigenvalue weighted by molar-refractivity contribution is 6.10. The van der Waals surface area contributed by atoms with Crippen LogP contribution in [0.15, 0.2) is 21.0 Å². The third-order valence-corrected chi connectivity index (χ3v) is 3.26. The van der Waals surface area contributed by atoms with Crippen LogP contribution in [-0.4, -0.2) is 11.9 Å². The molecule has 0 fully saturated rings. The molecule has 0 saturated carbocycles. The molecule has 2 heterocycles. The van der Waals surface area contributed by atoms with Gasteiger partial charge < -0.3 is 28.6 Å². The van der Waals surface area contributed by atoms with E-state index in [1.165, 1.54) is 26.0 Å². The van der Waals surface area contributed by atoms with Crippen molar-refractivity contribution >= 4 is 33.9 Å². The van der Waals surface area contributed by atoms with Gasteiger partial charge in [0.2, 0.25) is 0 Å². The number of fused-ring (bicyclic) bond motifs is 2. The fourth-order valence-electron chi connectivity index (χ4n) is 2.44. The molecule has 0 amide bonds. The lowest BCUT2D eigenvalue weighted by atomic mass is 10.1. The number of benzene rings is 1. The van der Waals surface area contributed by atoms with Crippen molar-refractivity contribution < 1.29 is 28.6 Å². The summed E-state index contributed by atoms with van der Waals surface area (Å²) in [5.74, 6) is -2.33. The Morgan fingerprint density at radius 1 is 0.850 bits per heavy atom. The number of hydrogen-bond acceptors (Lipinski definition) is 6. The summed E-state index contributed by atoms with van der Waals surface area (Å²) >= 11 is 0. The van der Waals surface area contributed by atoms with E-state index in [1.807, 2.05) is 0 Å². The molecule has 6 heteroatoms. The van der Waals surface area contributed by atoms with Gasteiger partial charge in [0.15, 0.2) is 0 Å². The van der Waals surface area contributed by atoms with Crippen LogP contribution in [-0.2, 0) is 0 Å². The molecule has 102 valence electrons. The highest BCUT2D eigenvalue weighted by Crippen LogP contribution is 2.33. The maximum absolute atomic E-state index is 11.1. The van der Waals surface area contributed by atoms with Gasteiger partial charge in [0, 0.05) is 21.9 Å². The summed E-state index contributed by atoms with van der Waals surface area (Å²) in [7, 11) is 0. The molecule has 0 unspecified atom stereocenters. The molecule has 0 aliphatic carbocycles. The van der Waals surface area contributed by atoms with E-state index in [4.69, 9.17) is 8.83 Å². The highest BCUT2D eigenvalue weighted by atomic mass is 16.4. The molecule has 6 nitrogen and oxygen atoms in total. The molecule has 0 atom stereocenters. The molecule has 0 N–H and O–H groups in total. The first kappa shape index (κ1) is 12.3. The lowest BCUT2D eigenvalue weighted by Crippen LogP contribution is -2.22. The number of carbonyl (C=O) groups excluding carboxylic acids is 2. The highest BCUT2D eigenvalue weighted by Gasteiger charge is 2.18. The van der Waals surface area contributed by atoms with Crippen LogP contribution in [0.4, 0.5) is 0 Å². The van der Waals surface area contributed by atoms with E-state index in [0.29, 0.717) is 10.8 Å². The van der Waals surface area contributed by atoms with Crippen LogP contribution >= 0.6 is 0 Å². The van der Waals surface area contributed by atoms with Gasteiger partial charge in [-0.2, -0.15) is 0 Å². The molecule has 0 aliphatic heterocycles. The van der Waals surface area contributed by atoms with E-state index in [0.717, 1.165) is 0 Å². The number of aryl methyl sites for hydroxylation is 2.